The molecule has 0 amide bonds. The van der Waals surface area contributed by atoms with Crippen molar-refractivity contribution >= 4 is 10.9 Å². The molecule has 1 saturated carbocycles. The van der Waals surface area contributed by atoms with Crippen LogP contribution in [0.1, 0.15) is 43.7 Å². The summed E-state index contributed by atoms with van der Waals surface area (Å²) >= 11 is 0. The number of hydrogen-bond acceptors (Lipinski definition) is 7. The minimum absolute atomic E-state index is 0.175. The third-order valence-electron chi connectivity index (χ3n) is 8.78. The van der Waals surface area contributed by atoms with E-state index in [0.717, 1.165) is 53.8 Å². The van der Waals surface area contributed by atoms with Gasteiger partial charge < -0.3 is 14.6 Å². The van der Waals surface area contributed by atoms with Crippen molar-refractivity contribution in [2.45, 2.75) is 49.7 Å². The summed E-state index contributed by atoms with van der Waals surface area (Å²) in [5.41, 5.74) is 5.23. The number of benzene rings is 2. The van der Waals surface area contributed by atoms with Gasteiger partial charge in [0.15, 0.2) is 0 Å². The number of likely N-dealkylation sites (tertiary alicyclic amines) is 1. The summed E-state index contributed by atoms with van der Waals surface area (Å²) in [6, 6.07) is 14.4. The second-order valence-electron chi connectivity index (χ2n) is 11.2. The van der Waals surface area contributed by atoms with Gasteiger partial charge in [-0.3, -0.25) is 9.58 Å². The van der Waals surface area contributed by atoms with E-state index < -0.39 is 0 Å². The maximum absolute atomic E-state index is 10.9. The van der Waals surface area contributed by atoms with Crippen molar-refractivity contribution in [1.29, 1.82) is 0 Å². The molecule has 7 rings (SSSR count). The zero-order valence-electron chi connectivity index (χ0n) is 21.9. The number of aromatic nitrogens is 4. The third kappa shape index (κ3) is 4.03. The molecular weight excluding hydrogens is 478 g/mol. The molecule has 1 spiro atoms. The van der Waals surface area contributed by atoms with Gasteiger partial charge in [-0.25, -0.2) is 0 Å². The summed E-state index contributed by atoms with van der Waals surface area (Å²) < 4.78 is 13.4. The quantitative estimate of drug-likeness (QED) is 0.407. The van der Waals surface area contributed by atoms with E-state index in [1.54, 1.807) is 17.9 Å². The van der Waals surface area contributed by atoms with Crippen LogP contribution in [0.3, 0.4) is 0 Å². The molecule has 3 aliphatic rings. The van der Waals surface area contributed by atoms with E-state index in [-0.39, 0.29) is 11.4 Å². The molecule has 4 aromatic rings. The number of aromatic hydroxyl groups is 1. The Balaban J connectivity index is 1.05. The molecule has 2 aromatic heterocycles. The second-order valence-corrected chi connectivity index (χ2v) is 11.2. The lowest BCUT2D eigenvalue weighted by molar-refractivity contribution is -0.155. The Labute approximate surface area is 222 Å². The van der Waals surface area contributed by atoms with Gasteiger partial charge in [0.25, 0.3) is 0 Å². The predicted octanol–water partition coefficient (Wildman–Crippen LogP) is 4.91. The molecule has 8 heteroatoms. The van der Waals surface area contributed by atoms with Crippen LogP contribution in [0.4, 0.5) is 0 Å². The molecule has 8 nitrogen and oxygen atoms in total. The van der Waals surface area contributed by atoms with Gasteiger partial charge in [-0.1, -0.05) is 6.07 Å². The summed E-state index contributed by atoms with van der Waals surface area (Å²) in [6.07, 6.45) is 8.05. The lowest BCUT2D eigenvalue weighted by Crippen LogP contribution is -2.57. The van der Waals surface area contributed by atoms with Gasteiger partial charge >= 0.3 is 0 Å². The van der Waals surface area contributed by atoms with Gasteiger partial charge in [-0.05, 0) is 79.6 Å². The summed E-state index contributed by atoms with van der Waals surface area (Å²) in [4.78, 5) is 2.60. The Bertz CT molecular complexity index is 1490. The first kappa shape index (κ1) is 23.6. The summed E-state index contributed by atoms with van der Waals surface area (Å²) in [7, 11) is 3.54. The zero-order valence-corrected chi connectivity index (χ0v) is 21.9. The van der Waals surface area contributed by atoms with Crippen molar-refractivity contribution in [2.75, 3.05) is 26.8 Å². The molecule has 0 bridgehead atoms. The van der Waals surface area contributed by atoms with E-state index >= 15 is 0 Å². The van der Waals surface area contributed by atoms with Gasteiger partial charge in [-0.15, -0.1) is 0 Å². The number of ether oxygens (including phenoxy) is 2. The number of phenolic OH excluding ortho intramolecular Hbond substituents is 1. The number of nitrogens with zero attached hydrogens (tertiary/aromatic N) is 5. The smallest absolute Gasteiger partial charge is 0.147 e. The fourth-order valence-corrected chi connectivity index (χ4v) is 6.41. The lowest BCUT2D eigenvalue weighted by atomic mass is 9.73. The number of phenols is 1. The molecule has 2 aromatic carbocycles. The molecule has 2 aliphatic heterocycles. The van der Waals surface area contributed by atoms with Gasteiger partial charge in [0, 0.05) is 55.9 Å². The number of methoxy groups -OCH3 is 1. The van der Waals surface area contributed by atoms with E-state index in [1.165, 1.54) is 25.7 Å². The van der Waals surface area contributed by atoms with Crippen molar-refractivity contribution in [3.05, 3.63) is 54.4 Å². The van der Waals surface area contributed by atoms with Crippen LogP contribution in [0.5, 0.6) is 11.5 Å². The van der Waals surface area contributed by atoms with Crippen LogP contribution >= 0.6 is 0 Å². The van der Waals surface area contributed by atoms with Crippen molar-refractivity contribution in [2.24, 2.45) is 7.05 Å². The largest absolute Gasteiger partial charge is 0.507 e. The molecule has 4 heterocycles. The molecule has 2 saturated heterocycles. The first-order chi connectivity index (χ1) is 18.5. The normalized spacial score (nSPS) is 21.4. The topological polar surface area (TPSA) is 85.5 Å². The number of aryl methyl sites for hydroxylation is 1. The van der Waals surface area contributed by atoms with Crippen LogP contribution in [-0.4, -0.2) is 68.4 Å². The van der Waals surface area contributed by atoms with Crippen LogP contribution in [0, 0.1) is 0 Å². The standard InChI is InChI=1S/C30H33N5O3/c1-34-16-21-12-20(14-28(37-2)29(21)33-34)19-4-5-24(27(36)13-19)26-7-6-25(31-32-26)22-17-35(18-22)23-8-11-38-30(15-23)9-3-10-30/h4-7,12-14,16,22-23,36H,3,8-11,15,17-18H2,1-2H3. The van der Waals surface area contributed by atoms with Crippen LogP contribution < -0.4 is 4.74 Å². The SMILES string of the molecule is COc1cc(-c2ccc(-c3ccc(C4CN(C5CCOC6(CCC6)C5)C4)nn3)c(O)c2)cc2cn(C)nc12. The Hall–Kier alpha value is -3.49. The lowest BCUT2D eigenvalue weighted by Gasteiger charge is -2.53. The highest BCUT2D eigenvalue weighted by atomic mass is 16.5. The van der Waals surface area contributed by atoms with Gasteiger partial charge in [0.1, 0.15) is 17.0 Å². The molecule has 3 fully saturated rings. The number of rotatable bonds is 5. The number of hydrogen-bond donors (Lipinski definition) is 1. The predicted molar refractivity (Wildman–Crippen MR) is 145 cm³/mol. The average Bonchev–Trinajstić information content (AvgIpc) is 3.27. The fourth-order valence-electron chi connectivity index (χ4n) is 6.41. The highest BCUT2D eigenvalue weighted by Gasteiger charge is 2.46. The number of fused-ring (bicyclic) bond motifs is 1. The molecule has 1 N–H and O–H groups in total. The maximum Gasteiger partial charge on any atom is 0.147 e. The highest BCUT2D eigenvalue weighted by molar-refractivity contribution is 5.90. The maximum atomic E-state index is 10.9. The second kappa shape index (κ2) is 9.06. The van der Waals surface area contributed by atoms with Crippen molar-refractivity contribution in [1.82, 2.24) is 24.9 Å². The molecule has 1 unspecified atom stereocenters. The van der Waals surface area contributed by atoms with Crippen LogP contribution in [0.25, 0.3) is 33.3 Å². The van der Waals surface area contributed by atoms with E-state index in [0.29, 0.717) is 29.0 Å². The van der Waals surface area contributed by atoms with E-state index in [4.69, 9.17) is 9.47 Å². The van der Waals surface area contributed by atoms with Crippen LogP contribution in [0.2, 0.25) is 0 Å². The fraction of sp³-hybridized carbons (Fsp3) is 0.433. The van der Waals surface area contributed by atoms with Gasteiger partial charge in [-0.2, -0.15) is 15.3 Å². The van der Waals surface area contributed by atoms with Gasteiger partial charge in [0.05, 0.1) is 24.1 Å². The Kier molecular flexibility index (Phi) is 5.63. The monoisotopic (exact) mass is 511 g/mol. The van der Waals surface area contributed by atoms with Crippen LogP contribution in [-0.2, 0) is 11.8 Å². The summed E-state index contributed by atoms with van der Waals surface area (Å²) in [6.45, 7) is 2.98. The molecule has 1 atom stereocenters. The third-order valence-corrected chi connectivity index (χ3v) is 8.78. The Morgan fingerprint density at radius 3 is 2.63 bits per heavy atom. The molecule has 196 valence electrons. The Morgan fingerprint density at radius 1 is 1.05 bits per heavy atom. The van der Waals surface area contributed by atoms with Crippen molar-refractivity contribution in [3.63, 3.8) is 0 Å². The zero-order chi connectivity index (χ0) is 25.9. The van der Waals surface area contributed by atoms with Crippen molar-refractivity contribution < 1.29 is 14.6 Å². The molecule has 1 aliphatic carbocycles. The van der Waals surface area contributed by atoms with Crippen LogP contribution in [0.15, 0.2) is 48.7 Å². The highest BCUT2D eigenvalue weighted by Crippen LogP contribution is 2.45. The Morgan fingerprint density at radius 2 is 1.92 bits per heavy atom. The minimum atomic E-state index is 0.175. The van der Waals surface area contributed by atoms with Crippen molar-refractivity contribution in [3.8, 4) is 33.9 Å². The molecule has 0 radical (unpaired) electrons. The average molecular weight is 512 g/mol. The van der Waals surface area contributed by atoms with E-state index in [1.807, 2.05) is 37.5 Å². The molecular formula is C30H33N5O3. The van der Waals surface area contributed by atoms with E-state index in [9.17, 15) is 5.11 Å². The van der Waals surface area contributed by atoms with Gasteiger partial charge in [0.2, 0.25) is 0 Å². The first-order valence-corrected chi connectivity index (χ1v) is 13.6. The van der Waals surface area contributed by atoms with E-state index in [2.05, 4.69) is 32.3 Å². The summed E-state index contributed by atoms with van der Waals surface area (Å²) in [5, 5.41) is 25.4. The minimum Gasteiger partial charge on any atom is -0.507 e. The summed E-state index contributed by atoms with van der Waals surface area (Å²) in [5.74, 6) is 1.30. The first-order valence-electron chi connectivity index (χ1n) is 13.6. The molecule has 38 heavy (non-hydrogen) atoms.